The first-order valence-electron chi connectivity index (χ1n) is 16.0. The molecule has 1 aliphatic heterocycles. The minimum absolute atomic E-state index is 0.0393. The number of nitrogens with one attached hydrogen (secondary N) is 3. The molecule has 0 spiro atoms. The first kappa shape index (κ1) is 32.1. The summed E-state index contributed by atoms with van der Waals surface area (Å²) in [4.78, 5) is 43.0. The Morgan fingerprint density at radius 3 is 2.58 bits per heavy atom. The number of carbonyl (C=O) groups excluding carboxylic acids is 3. The van der Waals surface area contributed by atoms with E-state index >= 15 is 0 Å². The fourth-order valence-electron chi connectivity index (χ4n) is 6.23. The number of aliphatic hydroxyl groups is 1. The Kier molecular flexibility index (Phi) is 10.4. The van der Waals surface area contributed by atoms with E-state index in [1.165, 1.54) is 6.42 Å². The largest absolute Gasteiger partial charge is 0.488 e. The second kappa shape index (κ2) is 14.6. The van der Waals surface area contributed by atoms with Crippen molar-refractivity contribution in [2.75, 3.05) is 37.4 Å². The Morgan fingerprint density at radius 1 is 1.04 bits per heavy atom. The number of hydrogen-bond acceptors (Lipinski definition) is 5. The average Bonchev–Trinajstić information content (AvgIpc) is 3.08. The lowest BCUT2D eigenvalue weighted by Gasteiger charge is -2.34. The highest BCUT2D eigenvalue weighted by atomic mass is 16.5. The van der Waals surface area contributed by atoms with Crippen molar-refractivity contribution in [3.8, 4) is 5.75 Å². The second-order valence-electron chi connectivity index (χ2n) is 12.5. The normalized spacial score (nSPS) is 19.7. The molecular weight excluding hydrogens is 570 g/mol. The van der Waals surface area contributed by atoms with Gasteiger partial charge in [-0.1, -0.05) is 62.6 Å². The van der Waals surface area contributed by atoms with Gasteiger partial charge in [-0.25, -0.2) is 9.59 Å². The number of urea groups is 2. The molecule has 1 fully saturated rings. The molecule has 240 valence electrons. The van der Waals surface area contributed by atoms with Gasteiger partial charge >= 0.3 is 12.1 Å². The van der Waals surface area contributed by atoms with Gasteiger partial charge in [-0.2, -0.15) is 0 Å². The zero-order chi connectivity index (χ0) is 31.9. The third-order valence-electron chi connectivity index (χ3n) is 8.95. The van der Waals surface area contributed by atoms with Gasteiger partial charge in [0.05, 0.1) is 31.3 Å². The molecule has 5 amide bonds. The van der Waals surface area contributed by atoms with Crippen molar-refractivity contribution in [3.05, 3.63) is 66.2 Å². The summed E-state index contributed by atoms with van der Waals surface area (Å²) < 4.78 is 6.56. The van der Waals surface area contributed by atoms with Crippen LogP contribution < -0.4 is 20.7 Å². The van der Waals surface area contributed by atoms with Crippen LogP contribution >= 0.6 is 0 Å². The Balaban J connectivity index is 1.35. The van der Waals surface area contributed by atoms with Gasteiger partial charge in [-0.05, 0) is 49.4 Å². The number of carbonyl (C=O) groups is 3. The third kappa shape index (κ3) is 8.05. The summed E-state index contributed by atoms with van der Waals surface area (Å²) >= 11 is 0. The van der Waals surface area contributed by atoms with Crippen LogP contribution in [0.4, 0.5) is 21.0 Å². The molecule has 4 N–H and O–H groups in total. The molecule has 0 unspecified atom stereocenters. The van der Waals surface area contributed by atoms with Crippen molar-refractivity contribution in [2.45, 2.75) is 70.6 Å². The van der Waals surface area contributed by atoms with Crippen LogP contribution in [0.3, 0.4) is 0 Å². The number of benzene rings is 3. The van der Waals surface area contributed by atoms with Gasteiger partial charge in [0, 0.05) is 42.2 Å². The summed E-state index contributed by atoms with van der Waals surface area (Å²) in [6, 6.07) is 18.1. The number of likely N-dealkylation sites (N-methyl/N-ethyl adjacent to an activating group) is 1. The lowest BCUT2D eigenvalue weighted by atomic mass is 9.96. The van der Waals surface area contributed by atoms with E-state index in [9.17, 15) is 19.5 Å². The van der Waals surface area contributed by atoms with E-state index in [1.54, 1.807) is 35.0 Å². The van der Waals surface area contributed by atoms with Crippen LogP contribution in [-0.4, -0.2) is 77.8 Å². The number of rotatable bonds is 7. The number of ether oxygens (including phenoxy) is 1. The van der Waals surface area contributed by atoms with E-state index < -0.39 is 12.1 Å². The fourth-order valence-corrected chi connectivity index (χ4v) is 6.23. The minimum Gasteiger partial charge on any atom is -0.488 e. The highest BCUT2D eigenvalue weighted by Gasteiger charge is 2.32. The van der Waals surface area contributed by atoms with Crippen LogP contribution in [0.25, 0.3) is 10.8 Å². The average molecular weight is 616 g/mol. The zero-order valence-electron chi connectivity index (χ0n) is 26.4. The molecule has 10 nitrogen and oxygen atoms in total. The molecule has 10 heteroatoms. The maximum absolute atomic E-state index is 13.6. The molecule has 2 aliphatic rings. The molecule has 3 atom stereocenters. The van der Waals surface area contributed by atoms with E-state index in [1.807, 2.05) is 56.3 Å². The molecule has 0 aromatic heterocycles. The van der Waals surface area contributed by atoms with Gasteiger partial charge in [0.1, 0.15) is 11.9 Å². The first-order chi connectivity index (χ1) is 21.7. The maximum atomic E-state index is 13.6. The van der Waals surface area contributed by atoms with Crippen LogP contribution in [0.2, 0.25) is 0 Å². The molecule has 3 aromatic rings. The number of aliphatic hydroxyl groups excluding tert-OH is 1. The predicted molar refractivity (Wildman–Crippen MR) is 177 cm³/mol. The SMILES string of the molecule is C[C@@H]1CN([C@H](C)CO)C(=O)Cc2cc(NC(=O)Nc3cccc4ccccc34)ccc2O[C@H]1CN(C)C(=O)NC1CCCCC1. The molecule has 1 aliphatic carbocycles. The van der Waals surface area contributed by atoms with Crippen molar-refractivity contribution in [3.63, 3.8) is 0 Å². The van der Waals surface area contributed by atoms with Gasteiger partial charge in [-0.15, -0.1) is 0 Å². The van der Waals surface area contributed by atoms with Gasteiger partial charge in [0.25, 0.3) is 0 Å². The molecule has 3 aromatic carbocycles. The molecule has 45 heavy (non-hydrogen) atoms. The Bertz CT molecular complexity index is 1500. The maximum Gasteiger partial charge on any atom is 0.323 e. The zero-order valence-corrected chi connectivity index (χ0v) is 26.4. The lowest BCUT2D eigenvalue weighted by Crippen LogP contribution is -2.50. The molecule has 1 saturated carbocycles. The smallest absolute Gasteiger partial charge is 0.323 e. The Morgan fingerprint density at radius 2 is 1.80 bits per heavy atom. The van der Waals surface area contributed by atoms with E-state index in [2.05, 4.69) is 16.0 Å². The van der Waals surface area contributed by atoms with Crippen LogP contribution in [0.1, 0.15) is 51.5 Å². The van der Waals surface area contributed by atoms with Crippen LogP contribution in [0.15, 0.2) is 60.7 Å². The summed E-state index contributed by atoms with van der Waals surface area (Å²) in [7, 11) is 1.77. The van der Waals surface area contributed by atoms with Crippen molar-refractivity contribution < 1.29 is 24.2 Å². The number of anilines is 2. The highest BCUT2D eigenvalue weighted by Crippen LogP contribution is 2.30. The standard InChI is InChI=1S/C35H45N5O5/c1-23-20-40(24(2)22-41)33(42)19-26-18-28(36-34(43)38-30-15-9-11-25-10-7-8-14-29(25)30)16-17-31(26)45-32(23)21-39(3)35(44)37-27-12-5-4-6-13-27/h7-11,14-18,23-24,27,32,41H,4-6,12-13,19-22H2,1-3H3,(H,37,44)(H2,36,38,43)/t23-,24-,32+/m1/s1. The molecular formula is C35H45N5O5. The number of nitrogens with zero attached hydrogens (tertiary/aromatic N) is 2. The second-order valence-corrected chi connectivity index (χ2v) is 12.5. The monoisotopic (exact) mass is 615 g/mol. The fraction of sp³-hybridized carbons (Fsp3) is 0.457. The van der Waals surface area contributed by atoms with E-state index in [0.717, 1.165) is 36.5 Å². The topological polar surface area (TPSA) is 123 Å². The predicted octanol–water partition coefficient (Wildman–Crippen LogP) is 5.61. The number of hydrogen-bond donors (Lipinski definition) is 4. The summed E-state index contributed by atoms with van der Waals surface area (Å²) in [5.74, 6) is 0.248. The summed E-state index contributed by atoms with van der Waals surface area (Å²) in [6.45, 7) is 4.34. The minimum atomic E-state index is -0.418. The van der Waals surface area contributed by atoms with Gasteiger partial charge in [0.2, 0.25) is 5.91 Å². The molecule has 1 heterocycles. The Labute approximate surface area is 265 Å². The van der Waals surface area contributed by atoms with Gasteiger partial charge in [-0.3, -0.25) is 4.79 Å². The van der Waals surface area contributed by atoms with E-state index in [-0.39, 0.29) is 43.0 Å². The molecule has 0 radical (unpaired) electrons. The van der Waals surface area contributed by atoms with Gasteiger partial charge in [0.15, 0.2) is 0 Å². The quantitative estimate of drug-likeness (QED) is 0.275. The van der Waals surface area contributed by atoms with Crippen LogP contribution in [0, 0.1) is 5.92 Å². The van der Waals surface area contributed by atoms with Crippen molar-refractivity contribution in [2.24, 2.45) is 5.92 Å². The molecule has 0 bridgehead atoms. The van der Waals surface area contributed by atoms with Crippen LogP contribution in [-0.2, 0) is 11.2 Å². The molecule has 5 rings (SSSR count). The summed E-state index contributed by atoms with van der Waals surface area (Å²) in [6.07, 6.45) is 5.08. The number of fused-ring (bicyclic) bond motifs is 2. The van der Waals surface area contributed by atoms with Crippen molar-refractivity contribution >= 4 is 40.1 Å². The van der Waals surface area contributed by atoms with E-state index in [4.69, 9.17) is 4.74 Å². The number of amides is 5. The van der Waals surface area contributed by atoms with Crippen molar-refractivity contribution in [1.82, 2.24) is 15.1 Å². The summed E-state index contributed by atoms with van der Waals surface area (Å²) in [5.41, 5.74) is 1.82. The highest BCUT2D eigenvalue weighted by molar-refractivity contribution is 6.06. The lowest BCUT2D eigenvalue weighted by molar-refractivity contribution is -0.134. The molecule has 0 saturated heterocycles. The first-order valence-corrected chi connectivity index (χ1v) is 16.0. The van der Waals surface area contributed by atoms with Crippen molar-refractivity contribution in [1.29, 1.82) is 0 Å². The van der Waals surface area contributed by atoms with Gasteiger partial charge < -0.3 is 35.6 Å². The van der Waals surface area contributed by atoms with E-state index in [0.29, 0.717) is 35.8 Å². The van der Waals surface area contributed by atoms with Crippen LogP contribution in [0.5, 0.6) is 5.75 Å². The Hall–Kier alpha value is -4.31. The summed E-state index contributed by atoms with van der Waals surface area (Å²) in [5, 5.41) is 20.9. The third-order valence-corrected chi connectivity index (χ3v) is 8.95.